The zero-order valence-electron chi connectivity index (χ0n) is 15.4. The molecule has 28 heavy (non-hydrogen) atoms. The summed E-state index contributed by atoms with van der Waals surface area (Å²) in [7, 11) is 2.80. The Labute approximate surface area is 176 Å². The molecule has 2 aromatic carbocycles. The molecule has 2 N–H and O–H groups in total. The van der Waals surface area contributed by atoms with Gasteiger partial charge in [0.25, 0.3) is 0 Å². The molecule has 0 unspecified atom stereocenters. The highest BCUT2D eigenvalue weighted by Crippen LogP contribution is 2.36. The van der Waals surface area contributed by atoms with Gasteiger partial charge in [-0.1, -0.05) is 42.1 Å². The van der Waals surface area contributed by atoms with E-state index in [-0.39, 0.29) is 6.61 Å². The number of rotatable bonds is 8. The molecule has 0 heterocycles. The number of carbonyl (C=O) groups excluding carboxylic acids is 1. The van der Waals surface area contributed by atoms with E-state index in [1.165, 1.54) is 26.0 Å². The minimum Gasteiger partial charge on any atom is -0.493 e. The first-order valence-corrected chi connectivity index (χ1v) is 9.91. The zero-order chi connectivity index (χ0) is 20.4. The Bertz CT molecular complexity index is 860. The predicted octanol–water partition coefficient (Wildman–Crippen LogP) is 3.59. The van der Waals surface area contributed by atoms with E-state index in [0.717, 1.165) is 16.9 Å². The number of carbonyl (C=O) groups is 1. The van der Waals surface area contributed by atoms with Crippen molar-refractivity contribution in [1.82, 2.24) is 0 Å². The molecule has 0 saturated carbocycles. The summed E-state index contributed by atoms with van der Waals surface area (Å²) in [5.74, 6) is 1.07. The van der Waals surface area contributed by atoms with E-state index in [1.54, 1.807) is 18.3 Å². The molecule has 9 heteroatoms. The molecule has 0 radical (unpaired) electrons. The van der Waals surface area contributed by atoms with Crippen LogP contribution in [-0.4, -0.2) is 38.2 Å². The molecule has 0 aliphatic carbocycles. The summed E-state index contributed by atoms with van der Waals surface area (Å²) in [5.41, 5.74) is 7.76. The Morgan fingerprint density at radius 2 is 2.00 bits per heavy atom. The van der Waals surface area contributed by atoms with Crippen molar-refractivity contribution >= 4 is 45.0 Å². The molecule has 0 saturated heterocycles. The molecule has 148 valence electrons. The van der Waals surface area contributed by atoms with E-state index in [1.807, 2.05) is 30.3 Å². The van der Waals surface area contributed by atoms with E-state index in [2.05, 4.69) is 30.9 Å². The van der Waals surface area contributed by atoms with E-state index >= 15 is 0 Å². The molecular weight excluding hydrogens is 446 g/mol. The summed E-state index contributed by atoms with van der Waals surface area (Å²) < 4.78 is 15.9. The van der Waals surface area contributed by atoms with Gasteiger partial charge in [0, 0.05) is 5.75 Å². The second-order valence-corrected chi connectivity index (χ2v) is 7.21. The Kier molecular flexibility index (Phi) is 8.83. The number of halogens is 1. The topological polar surface area (TPSA) is 95.5 Å². The molecule has 7 nitrogen and oxygen atoms in total. The molecule has 2 aromatic rings. The van der Waals surface area contributed by atoms with Crippen molar-refractivity contribution in [2.45, 2.75) is 5.75 Å². The van der Waals surface area contributed by atoms with Crippen molar-refractivity contribution in [3.05, 3.63) is 58.1 Å². The second kappa shape index (κ2) is 11.4. The minimum atomic E-state index is -0.489. The molecular formula is C19H20BrN3O4S. The summed E-state index contributed by atoms with van der Waals surface area (Å²) in [6, 6.07) is 13.4. The van der Waals surface area contributed by atoms with Gasteiger partial charge in [-0.25, -0.2) is 4.79 Å². The van der Waals surface area contributed by atoms with Crippen LogP contribution in [0.4, 0.5) is 0 Å². The number of nitrogens with zero attached hydrogens (tertiary/aromatic N) is 2. The fourth-order valence-corrected chi connectivity index (χ4v) is 3.24. The van der Waals surface area contributed by atoms with Gasteiger partial charge in [0.1, 0.15) is 0 Å². The molecule has 0 bridgehead atoms. The molecule has 0 fully saturated rings. The summed E-state index contributed by atoms with van der Waals surface area (Å²) in [6.07, 6.45) is 1.55. The van der Waals surface area contributed by atoms with Gasteiger partial charge in [0.2, 0.25) is 0 Å². The third-order valence-corrected chi connectivity index (χ3v) is 4.85. The van der Waals surface area contributed by atoms with Crippen LogP contribution >= 0.6 is 27.7 Å². The van der Waals surface area contributed by atoms with E-state index in [4.69, 9.17) is 15.2 Å². The largest absolute Gasteiger partial charge is 0.493 e. The average molecular weight is 466 g/mol. The smallest absolute Gasteiger partial charge is 0.343 e. The lowest BCUT2D eigenvalue weighted by molar-refractivity contribution is -0.142. The van der Waals surface area contributed by atoms with Crippen LogP contribution in [0.5, 0.6) is 11.5 Å². The van der Waals surface area contributed by atoms with Crippen LogP contribution < -0.4 is 15.2 Å². The van der Waals surface area contributed by atoms with Crippen molar-refractivity contribution in [3.63, 3.8) is 0 Å². The van der Waals surface area contributed by atoms with Gasteiger partial charge < -0.3 is 19.9 Å². The molecule has 0 aromatic heterocycles. The Morgan fingerprint density at radius 1 is 1.25 bits per heavy atom. The summed E-state index contributed by atoms with van der Waals surface area (Å²) >= 11 is 4.80. The van der Waals surface area contributed by atoms with E-state index in [0.29, 0.717) is 21.1 Å². The Hall–Kier alpha value is -2.52. The number of methoxy groups -OCH3 is 2. The van der Waals surface area contributed by atoms with Gasteiger partial charge in [-0.15, -0.1) is 5.10 Å². The van der Waals surface area contributed by atoms with Gasteiger partial charge in [-0.3, -0.25) is 0 Å². The van der Waals surface area contributed by atoms with Crippen LogP contribution in [0.2, 0.25) is 0 Å². The molecule has 0 atom stereocenters. The number of benzene rings is 2. The van der Waals surface area contributed by atoms with Gasteiger partial charge in [-0.2, -0.15) is 5.10 Å². The van der Waals surface area contributed by atoms with Gasteiger partial charge in [0.15, 0.2) is 23.3 Å². The van der Waals surface area contributed by atoms with Crippen molar-refractivity contribution in [2.24, 2.45) is 15.9 Å². The number of hydrogen-bond donors (Lipinski definition) is 1. The van der Waals surface area contributed by atoms with E-state index in [9.17, 15) is 4.79 Å². The van der Waals surface area contributed by atoms with Crippen LogP contribution in [0.3, 0.4) is 0 Å². The number of thioether (sulfide) groups is 1. The molecule has 0 spiro atoms. The van der Waals surface area contributed by atoms with Crippen LogP contribution in [-0.2, 0) is 15.3 Å². The molecule has 0 amide bonds. The number of amidine groups is 1. The van der Waals surface area contributed by atoms with Crippen molar-refractivity contribution in [1.29, 1.82) is 0 Å². The molecule has 2 rings (SSSR count). The van der Waals surface area contributed by atoms with Crippen LogP contribution in [0, 0.1) is 0 Å². The fourth-order valence-electron chi connectivity index (χ4n) is 2.06. The standard InChI is InChI=1S/C19H20BrN3O4S/c1-25-16-9-14(8-15(20)18(16)27-11-17(24)26-2)10-22-23-19(21)28-12-13-6-4-3-5-7-13/h3-10H,11-12H2,1-2H3,(H2,21,23). The van der Waals surface area contributed by atoms with Crippen molar-refractivity contribution in [3.8, 4) is 11.5 Å². The number of ether oxygens (including phenoxy) is 3. The normalized spacial score (nSPS) is 11.5. The highest BCUT2D eigenvalue weighted by Gasteiger charge is 2.13. The lowest BCUT2D eigenvalue weighted by atomic mass is 10.2. The third-order valence-electron chi connectivity index (χ3n) is 3.41. The summed E-state index contributed by atoms with van der Waals surface area (Å²) in [6.45, 7) is -0.224. The maximum absolute atomic E-state index is 11.3. The van der Waals surface area contributed by atoms with E-state index < -0.39 is 5.97 Å². The quantitative estimate of drug-likeness (QED) is 0.277. The predicted molar refractivity (Wildman–Crippen MR) is 115 cm³/mol. The number of nitrogens with two attached hydrogens (primary N) is 1. The first-order chi connectivity index (χ1) is 13.5. The summed E-state index contributed by atoms with van der Waals surface area (Å²) in [4.78, 5) is 11.3. The van der Waals surface area contributed by atoms with Gasteiger partial charge in [-0.05, 0) is 39.2 Å². The second-order valence-electron chi connectivity index (χ2n) is 5.36. The first-order valence-electron chi connectivity index (χ1n) is 8.14. The van der Waals surface area contributed by atoms with Crippen LogP contribution in [0.1, 0.15) is 11.1 Å². The maximum atomic E-state index is 11.3. The van der Waals surface area contributed by atoms with Gasteiger partial charge >= 0.3 is 5.97 Å². The Balaban J connectivity index is 2.02. The Morgan fingerprint density at radius 3 is 2.68 bits per heavy atom. The number of hydrogen-bond acceptors (Lipinski definition) is 7. The maximum Gasteiger partial charge on any atom is 0.343 e. The van der Waals surface area contributed by atoms with Crippen molar-refractivity contribution in [2.75, 3.05) is 20.8 Å². The lowest BCUT2D eigenvalue weighted by Crippen LogP contribution is -2.13. The first kappa shape index (κ1) is 21.8. The lowest BCUT2D eigenvalue weighted by Gasteiger charge is -2.12. The van der Waals surface area contributed by atoms with Crippen LogP contribution in [0.25, 0.3) is 0 Å². The molecule has 0 aliphatic rings. The third kappa shape index (κ3) is 6.90. The minimum absolute atomic E-state index is 0.224. The number of esters is 1. The highest BCUT2D eigenvalue weighted by atomic mass is 79.9. The van der Waals surface area contributed by atoms with Gasteiger partial charge in [0.05, 0.1) is 24.9 Å². The summed E-state index contributed by atoms with van der Waals surface area (Å²) in [5, 5.41) is 8.37. The zero-order valence-corrected chi connectivity index (χ0v) is 17.8. The molecule has 0 aliphatic heterocycles. The van der Waals surface area contributed by atoms with Crippen molar-refractivity contribution < 1.29 is 19.0 Å². The van der Waals surface area contributed by atoms with Crippen LogP contribution in [0.15, 0.2) is 57.1 Å². The highest BCUT2D eigenvalue weighted by molar-refractivity contribution is 9.10. The monoisotopic (exact) mass is 465 g/mol. The SMILES string of the molecule is COC(=O)COc1c(Br)cc(C=NN=C(N)SCc2ccccc2)cc1OC. The fraction of sp³-hybridized carbons (Fsp3) is 0.211. The average Bonchev–Trinajstić information content (AvgIpc) is 2.71.